The van der Waals surface area contributed by atoms with Crippen molar-refractivity contribution in [3.05, 3.63) is 73.2 Å². The zero-order valence-corrected chi connectivity index (χ0v) is 12.9. The molecule has 0 saturated carbocycles. The van der Waals surface area contributed by atoms with Crippen molar-refractivity contribution in [3.63, 3.8) is 0 Å². The van der Waals surface area contributed by atoms with Crippen LogP contribution in [0.2, 0.25) is 0 Å². The number of aromatic nitrogens is 6. The van der Waals surface area contributed by atoms with E-state index in [0.29, 0.717) is 22.5 Å². The minimum Gasteiger partial charge on any atom is -0.282 e. The fourth-order valence-electron chi connectivity index (χ4n) is 2.95. The van der Waals surface area contributed by atoms with Crippen molar-refractivity contribution in [2.45, 2.75) is 0 Å². The van der Waals surface area contributed by atoms with Crippen LogP contribution in [0.25, 0.3) is 33.6 Å². The maximum Gasteiger partial charge on any atom is 0.168 e. The van der Waals surface area contributed by atoms with Crippen LogP contribution in [0.3, 0.4) is 0 Å². The highest BCUT2D eigenvalue weighted by atomic mass is 19.1. The summed E-state index contributed by atoms with van der Waals surface area (Å²) in [5.41, 5.74) is 2.68. The van der Waals surface area contributed by atoms with Crippen molar-refractivity contribution in [1.82, 2.24) is 29.3 Å². The summed E-state index contributed by atoms with van der Waals surface area (Å²) in [6, 6.07) is 14.3. The van der Waals surface area contributed by atoms with E-state index >= 15 is 0 Å². The van der Waals surface area contributed by atoms with Gasteiger partial charge in [-0.15, -0.1) is 0 Å². The number of rotatable bonds is 2. The third-order valence-corrected chi connectivity index (χ3v) is 4.11. The SMILES string of the molecule is Fc1ccccc1-n1ncc2c(-n3cnc4ccccc43)ncnc21. The van der Waals surface area contributed by atoms with Gasteiger partial charge in [0.1, 0.15) is 24.2 Å². The number of benzene rings is 2. The second kappa shape index (κ2) is 5.20. The monoisotopic (exact) mass is 330 g/mol. The van der Waals surface area contributed by atoms with E-state index in [2.05, 4.69) is 20.1 Å². The lowest BCUT2D eigenvalue weighted by Crippen LogP contribution is -2.02. The van der Waals surface area contributed by atoms with Crippen LogP contribution in [0.1, 0.15) is 0 Å². The van der Waals surface area contributed by atoms with Crippen LogP contribution < -0.4 is 0 Å². The first kappa shape index (κ1) is 13.8. The highest BCUT2D eigenvalue weighted by molar-refractivity contribution is 5.86. The molecule has 0 aliphatic heterocycles. The van der Waals surface area contributed by atoms with Gasteiger partial charge in [0.05, 0.1) is 22.6 Å². The summed E-state index contributed by atoms with van der Waals surface area (Å²) in [5.74, 6) is 0.294. The molecule has 5 aromatic rings. The van der Waals surface area contributed by atoms with Gasteiger partial charge in [-0.05, 0) is 24.3 Å². The smallest absolute Gasteiger partial charge is 0.168 e. The summed E-state index contributed by atoms with van der Waals surface area (Å²) < 4.78 is 17.5. The minimum atomic E-state index is -0.360. The van der Waals surface area contributed by atoms with E-state index in [4.69, 9.17) is 0 Å². The normalized spacial score (nSPS) is 11.4. The minimum absolute atomic E-state index is 0.345. The molecule has 0 aliphatic rings. The van der Waals surface area contributed by atoms with Gasteiger partial charge in [0.2, 0.25) is 0 Å². The molecule has 6 nitrogen and oxygen atoms in total. The van der Waals surface area contributed by atoms with Gasteiger partial charge in [0.15, 0.2) is 11.5 Å². The van der Waals surface area contributed by atoms with Gasteiger partial charge in [0, 0.05) is 0 Å². The molecule has 0 unspecified atom stereocenters. The van der Waals surface area contributed by atoms with Crippen molar-refractivity contribution in [3.8, 4) is 11.5 Å². The Hall–Kier alpha value is -3.61. The molecule has 0 aliphatic carbocycles. The van der Waals surface area contributed by atoms with Crippen molar-refractivity contribution in [2.75, 3.05) is 0 Å². The number of nitrogens with zero attached hydrogens (tertiary/aromatic N) is 6. The third-order valence-electron chi connectivity index (χ3n) is 4.11. The predicted octanol–water partition coefficient (Wildman–Crippen LogP) is 3.29. The summed E-state index contributed by atoms with van der Waals surface area (Å²) in [7, 11) is 0. The molecule has 0 fully saturated rings. The van der Waals surface area contributed by atoms with Crippen LogP contribution >= 0.6 is 0 Å². The lowest BCUT2D eigenvalue weighted by atomic mass is 10.3. The Kier molecular flexibility index (Phi) is 2.87. The Balaban J connectivity index is 1.78. The van der Waals surface area contributed by atoms with E-state index < -0.39 is 0 Å². The van der Waals surface area contributed by atoms with Gasteiger partial charge < -0.3 is 0 Å². The Morgan fingerprint density at radius 3 is 2.64 bits per heavy atom. The van der Waals surface area contributed by atoms with E-state index in [9.17, 15) is 4.39 Å². The molecule has 0 bridgehead atoms. The van der Waals surface area contributed by atoms with Crippen LogP contribution in [0, 0.1) is 5.82 Å². The highest BCUT2D eigenvalue weighted by Gasteiger charge is 2.15. The number of hydrogen-bond acceptors (Lipinski definition) is 4. The van der Waals surface area contributed by atoms with E-state index in [1.165, 1.54) is 17.1 Å². The molecule has 0 N–H and O–H groups in total. The number of imidazole rings is 1. The molecule has 5 rings (SSSR count). The summed E-state index contributed by atoms with van der Waals surface area (Å²) in [6.45, 7) is 0. The van der Waals surface area contributed by atoms with Gasteiger partial charge in [-0.3, -0.25) is 4.57 Å². The fraction of sp³-hybridized carbons (Fsp3) is 0. The zero-order chi connectivity index (χ0) is 16.8. The number of hydrogen-bond donors (Lipinski definition) is 0. The molecule has 120 valence electrons. The Morgan fingerprint density at radius 1 is 0.880 bits per heavy atom. The van der Waals surface area contributed by atoms with Gasteiger partial charge in [0.25, 0.3) is 0 Å². The van der Waals surface area contributed by atoms with E-state index in [0.717, 1.165) is 11.0 Å². The maximum absolute atomic E-state index is 14.1. The molecule has 3 aromatic heterocycles. The maximum atomic E-state index is 14.1. The molecular formula is C18H11FN6. The van der Waals surface area contributed by atoms with Gasteiger partial charge >= 0.3 is 0 Å². The van der Waals surface area contributed by atoms with E-state index in [1.807, 2.05) is 28.8 Å². The van der Waals surface area contributed by atoms with Crippen molar-refractivity contribution in [2.24, 2.45) is 0 Å². The number of para-hydroxylation sites is 3. The summed E-state index contributed by atoms with van der Waals surface area (Å²) in [5, 5.41) is 5.03. The zero-order valence-electron chi connectivity index (χ0n) is 12.9. The summed E-state index contributed by atoms with van der Waals surface area (Å²) in [4.78, 5) is 13.1. The lowest BCUT2D eigenvalue weighted by Gasteiger charge is -2.06. The van der Waals surface area contributed by atoms with Crippen LogP contribution in [0.4, 0.5) is 4.39 Å². The molecule has 0 spiro atoms. The van der Waals surface area contributed by atoms with E-state index in [1.54, 1.807) is 30.7 Å². The molecule has 0 saturated heterocycles. The standard InChI is InChI=1S/C18H11FN6/c19-13-5-1-3-7-15(13)25-18-12(9-23-25)17(20-10-21-18)24-11-22-14-6-2-4-8-16(14)24/h1-11H. The van der Waals surface area contributed by atoms with Crippen LogP contribution in [0.5, 0.6) is 0 Å². The Morgan fingerprint density at radius 2 is 1.72 bits per heavy atom. The second-order valence-corrected chi connectivity index (χ2v) is 5.55. The van der Waals surface area contributed by atoms with Crippen molar-refractivity contribution in [1.29, 1.82) is 0 Å². The quantitative estimate of drug-likeness (QED) is 0.498. The topological polar surface area (TPSA) is 61.4 Å². The molecule has 2 aromatic carbocycles. The Bertz CT molecular complexity index is 1220. The first-order valence-electron chi connectivity index (χ1n) is 7.69. The molecule has 0 radical (unpaired) electrons. The predicted molar refractivity (Wildman–Crippen MR) is 91.2 cm³/mol. The molecular weight excluding hydrogens is 319 g/mol. The Labute approximate surface area is 141 Å². The van der Waals surface area contributed by atoms with Crippen molar-refractivity contribution >= 4 is 22.1 Å². The van der Waals surface area contributed by atoms with Crippen LogP contribution in [-0.2, 0) is 0 Å². The largest absolute Gasteiger partial charge is 0.282 e. The number of fused-ring (bicyclic) bond motifs is 2. The summed E-state index contributed by atoms with van der Waals surface area (Å²) in [6.07, 6.45) is 4.81. The van der Waals surface area contributed by atoms with Gasteiger partial charge in [-0.2, -0.15) is 5.10 Å². The first-order valence-corrected chi connectivity index (χ1v) is 7.69. The van der Waals surface area contributed by atoms with Crippen LogP contribution in [-0.4, -0.2) is 29.3 Å². The van der Waals surface area contributed by atoms with Gasteiger partial charge in [-0.1, -0.05) is 24.3 Å². The van der Waals surface area contributed by atoms with Crippen molar-refractivity contribution < 1.29 is 4.39 Å². The van der Waals surface area contributed by atoms with Crippen LogP contribution in [0.15, 0.2) is 67.4 Å². The molecule has 3 heterocycles. The average molecular weight is 330 g/mol. The molecule has 25 heavy (non-hydrogen) atoms. The lowest BCUT2D eigenvalue weighted by molar-refractivity contribution is 0.612. The molecule has 7 heteroatoms. The number of halogens is 1. The summed E-state index contributed by atoms with van der Waals surface area (Å²) >= 11 is 0. The highest BCUT2D eigenvalue weighted by Crippen LogP contribution is 2.24. The molecule has 0 atom stereocenters. The fourth-order valence-corrected chi connectivity index (χ4v) is 2.95. The second-order valence-electron chi connectivity index (χ2n) is 5.55. The molecule has 0 amide bonds. The van der Waals surface area contributed by atoms with Gasteiger partial charge in [-0.25, -0.2) is 24.0 Å². The first-order chi connectivity index (χ1) is 12.3. The van der Waals surface area contributed by atoms with E-state index in [-0.39, 0.29) is 5.82 Å². The third kappa shape index (κ3) is 2.02. The average Bonchev–Trinajstić information content (AvgIpc) is 3.26.